The fourth-order valence-electron chi connectivity index (χ4n) is 6.71. The van der Waals surface area contributed by atoms with Crippen molar-refractivity contribution in [2.24, 2.45) is 23.7 Å². The number of amides is 2. The molecule has 0 unspecified atom stereocenters. The lowest BCUT2D eigenvalue weighted by Gasteiger charge is -2.54. The third-order valence-electron chi connectivity index (χ3n) is 8.44. The smallest absolute Gasteiger partial charge is 0.246 e. The molecule has 172 valence electrons. The highest BCUT2D eigenvalue weighted by Gasteiger charge is 2.49. The highest BCUT2D eigenvalue weighted by Crippen LogP contribution is 2.53. The minimum Gasteiger partial charge on any atom is -0.378 e. The van der Waals surface area contributed by atoms with Crippen molar-refractivity contribution in [1.29, 1.82) is 0 Å². The maximum Gasteiger partial charge on any atom is 0.246 e. The Hall–Kier alpha value is -2.14. The average molecular weight is 437 g/mol. The Morgan fingerprint density at radius 1 is 1.03 bits per heavy atom. The molecule has 32 heavy (non-hydrogen) atoms. The summed E-state index contributed by atoms with van der Waals surface area (Å²) in [6.07, 6.45) is 10.1. The van der Waals surface area contributed by atoms with Gasteiger partial charge in [-0.15, -0.1) is 0 Å². The quantitative estimate of drug-likeness (QED) is 0.715. The molecule has 0 aromatic heterocycles. The van der Waals surface area contributed by atoms with E-state index < -0.39 is 5.41 Å². The third-order valence-corrected chi connectivity index (χ3v) is 8.44. The highest BCUT2D eigenvalue weighted by atomic mass is 16.5. The van der Waals surface area contributed by atoms with Crippen molar-refractivity contribution in [1.82, 2.24) is 10.2 Å². The van der Waals surface area contributed by atoms with Crippen LogP contribution in [0.5, 0.6) is 0 Å². The summed E-state index contributed by atoms with van der Waals surface area (Å²) in [5.41, 5.74) is 1.31. The summed E-state index contributed by atoms with van der Waals surface area (Å²) >= 11 is 0. The number of nitrogens with zero attached hydrogens (tertiary/aromatic N) is 1. The first-order valence-electron chi connectivity index (χ1n) is 12.4. The molecule has 4 bridgehead atoms. The molecule has 2 amide bonds. The number of hydrogen-bond donors (Lipinski definition) is 1. The van der Waals surface area contributed by atoms with Crippen LogP contribution in [0, 0.1) is 23.7 Å². The number of nitrogens with one attached hydrogen (secondary N) is 1. The van der Waals surface area contributed by atoms with Crippen molar-refractivity contribution < 1.29 is 14.3 Å². The Morgan fingerprint density at radius 3 is 2.34 bits per heavy atom. The summed E-state index contributed by atoms with van der Waals surface area (Å²) in [4.78, 5) is 27.7. The van der Waals surface area contributed by atoms with Crippen LogP contribution in [0.2, 0.25) is 0 Å². The molecule has 6 rings (SSSR count). The van der Waals surface area contributed by atoms with E-state index in [0.717, 1.165) is 23.0 Å². The van der Waals surface area contributed by atoms with Gasteiger partial charge in [0.15, 0.2) is 0 Å². The van der Waals surface area contributed by atoms with E-state index >= 15 is 0 Å². The Balaban J connectivity index is 1.26. The zero-order chi connectivity index (χ0) is 22.3. The lowest BCUT2D eigenvalue weighted by Crippen LogP contribution is -2.58. The molecule has 0 atom stereocenters. The van der Waals surface area contributed by atoms with Crippen LogP contribution in [0.25, 0.3) is 6.08 Å². The molecular formula is C27H36N2O3. The monoisotopic (exact) mass is 436 g/mol. The molecule has 1 heterocycles. The summed E-state index contributed by atoms with van der Waals surface area (Å²) in [5, 5.41) is 3.48. The number of carbonyl (C=O) groups is 2. The summed E-state index contributed by atoms with van der Waals surface area (Å²) in [5.74, 6) is 3.29. The van der Waals surface area contributed by atoms with E-state index in [1.165, 1.54) is 32.1 Å². The van der Waals surface area contributed by atoms with Crippen LogP contribution in [0.4, 0.5) is 0 Å². The minimum absolute atomic E-state index is 0.0117. The average Bonchev–Trinajstić information content (AvgIpc) is 2.80. The van der Waals surface area contributed by atoms with E-state index in [9.17, 15) is 9.59 Å². The maximum atomic E-state index is 13.4. The molecule has 0 radical (unpaired) electrons. The summed E-state index contributed by atoms with van der Waals surface area (Å²) in [6, 6.07) is 8.38. The van der Waals surface area contributed by atoms with Crippen LogP contribution in [0.15, 0.2) is 30.3 Å². The summed E-state index contributed by atoms with van der Waals surface area (Å²) < 4.78 is 5.32. The van der Waals surface area contributed by atoms with Gasteiger partial charge in [0.25, 0.3) is 0 Å². The van der Waals surface area contributed by atoms with E-state index in [4.69, 9.17) is 4.74 Å². The van der Waals surface area contributed by atoms with E-state index in [2.05, 4.69) is 5.32 Å². The van der Waals surface area contributed by atoms with Gasteiger partial charge in [-0.1, -0.05) is 24.3 Å². The minimum atomic E-state index is -0.618. The summed E-state index contributed by atoms with van der Waals surface area (Å²) in [7, 11) is 0. The molecule has 5 nitrogen and oxygen atoms in total. The normalized spacial score (nSPS) is 31.8. The van der Waals surface area contributed by atoms with Crippen LogP contribution in [0.3, 0.4) is 0 Å². The third kappa shape index (κ3) is 4.24. The molecule has 5 heteroatoms. The lowest BCUT2D eigenvalue weighted by atomic mass is 9.54. The molecule has 5 aliphatic rings. The van der Waals surface area contributed by atoms with E-state index in [1.54, 1.807) is 6.08 Å². The predicted molar refractivity (Wildman–Crippen MR) is 125 cm³/mol. The van der Waals surface area contributed by atoms with Crippen LogP contribution in [-0.2, 0) is 19.7 Å². The van der Waals surface area contributed by atoms with E-state index in [1.807, 2.05) is 49.1 Å². The largest absolute Gasteiger partial charge is 0.378 e. The van der Waals surface area contributed by atoms with Crippen molar-refractivity contribution in [3.8, 4) is 0 Å². The van der Waals surface area contributed by atoms with Crippen LogP contribution in [0.1, 0.15) is 57.1 Å². The summed E-state index contributed by atoms with van der Waals surface area (Å²) in [6.45, 7) is 6.51. The second-order valence-electron chi connectivity index (χ2n) is 11.0. The highest BCUT2D eigenvalue weighted by molar-refractivity contribution is 5.92. The molecule has 1 aromatic carbocycles. The number of morpholine rings is 1. The molecule has 0 spiro atoms. The Kier molecular flexibility index (Phi) is 5.87. The van der Waals surface area contributed by atoms with Gasteiger partial charge in [-0.2, -0.15) is 0 Å². The second kappa shape index (κ2) is 8.66. The number of hydrogen-bond acceptors (Lipinski definition) is 3. The molecule has 4 saturated carbocycles. The number of carbonyl (C=O) groups excluding carboxylic acids is 2. The topological polar surface area (TPSA) is 58.6 Å². The van der Waals surface area contributed by atoms with Gasteiger partial charge in [0.1, 0.15) is 0 Å². The fraction of sp³-hybridized carbons (Fsp3) is 0.630. The zero-order valence-corrected chi connectivity index (χ0v) is 19.4. The van der Waals surface area contributed by atoms with Gasteiger partial charge in [0.2, 0.25) is 11.8 Å². The molecule has 1 saturated heterocycles. The maximum absolute atomic E-state index is 13.4. The Bertz CT molecular complexity index is 872. The lowest BCUT2D eigenvalue weighted by molar-refractivity contribution is -0.130. The van der Waals surface area contributed by atoms with Gasteiger partial charge in [-0.25, -0.2) is 0 Å². The molecule has 1 aliphatic heterocycles. The van der Waals surface area contributed by atoms with Gasteiger partial charge in [-0.3, -0.25) is 9.59 Å². The van der Waals surface area contributed by atoms with Gasteiger partial charge in [0.05, 0.1) is 18.6 Å². The molecule has 1 aromatic rings. The van der Waals surface area contributed by atoms with Crippen molar-refractivity contribution in [3.63, 3.8) is 0 Å². The number of rotatable bonds is 5. The Morgan fingerprint density at radius 2 is 1.69 bits per heavy atom. The van der Waals surface area contributed by atoms with Crippen LogP contribution >= 0.6 is 0 Å². The first-order valence-corrected chi connectivity index (χ1v) is 12.4. The Labute approximate surface area is 191 Å². The number of benzene rings is 1. The van der Waals surface area contributed by atoms with Crippen molar-refractivity contribution >= 4 is 17.9 Å². The molecule has 1 N–H and O–H groups in total. The standard InChI is InChI=1S/C27H36N2O3/c1-27(2,26(31)28-25-21-13-19-12-20(15-21)16-22(25)14-19)23-5-3-4-18(17-23)6-7-24(30)29-8-10-32-11-9-29/h3-7,17,19-22,25H,8-16H2,1-2H3,(H,28,31). The van der Waals surface area contributed by atoms with Crippen molar-refractivity contribution in [2.45, 2.75) is 57.4 Å². The first-order chi connectivity index (χ1) is 15.4. The fourth-order valence-corrected chi connectivity index (χ4v) is 6.71. The number of ether oxygens (including phenoxy) is 1. The van der Waals surface area contributed by atoms with Gasteiger partial charge >= 0.3 is 0 Å². The second-order valence-corrected chi connectivity index (χ2v) is 11.0. The van der Waals surface area contributed by atoms with Gasteiger partial charge < -0.3 is 15.0 Å². The first kappa shape index (κ1) is 21.7. The van der Waals surface area contributed by atoms with Crippen LogP contribution < -0.4 is 5.32 Å². The molecule has 5 fully saturated rings. The SMILES string of the molecule is CC(C)(C(=O)NC1C2CC3CC(C2)CC1C3)c1cccc(C=CC(=O)N2CCOCC2)c1. The van der Waals surface area contributed by atoms with Crippen molar-refractivity contribution in [2.75, 3.05) is 26.3 Å². The predicted octanol–water partition coefficient (Wildman–Crippen LogP) is 3.78. The molecular weight excluding hydrogens is 400 g/mol. The van der Waals surface area contributed by atoms with E-state index in [0.29, 0.717) is 44.2 Å². The van der Waals surface area contributed by atoms with E-state index in [-0.39, 0.29) is 11.8 Å². The molecule has 4 aliphatic carbocycles. The van der Waals surface area contributed by atoms with Gasteiger partial charge in [-0.05, 0) is 86.8 Å². The zero-order valence-electron chi connectivity index (χ0n) is 19.4. The van der Waals surface area contributed by atoms with Crippen molar-refractivity contribution in [3.05, 3.63) is 41.5 Å². The van der Waals surface area contributed by atoms with Gasteiger partial charge in [0, 0.05) is 25.2 Å². The van der Waals surface area contributed by atoms with Crippen LogP contribution in [-0.4, -0.2) is 49.1 Å².